The number of rotatable bonds is 7. The smallest absolute Gasteiger partial charge is 0.273 e. The molecule has 2 heterocycles. The van der Waals surface area contributed by atoms with E-state index in [9.17, 15) is 4.79 Å². The molecule has 1 atom stereocenters. The van der Waals surface area contributed by atoms with Gasteiger partial charge in [0.25, 0.3) is 5.91 Å². The normalized spacial score (nSPS) is 17.6. The van der Waals surface area contributed by atoms with Crippen molar-refractivity contribution in [3.63, 3.8) is 0 Å². The lowest BCUT2D eigenvalue weighted by atomic mass is 10.1. The number of piperidine rings is 1. The summed E-state index contributed by atoms with van der Waals surface area (Å²) in [5.41, 5.74) is 0.378. The summed E-state index contributed by atoms with van der Waals surface area (Å²) in [7, 11) is 0. The van der Waals surface area contributed by atoms with Crippen molar-refractivity contribution in [3.05, 3.63) is 11.9 Å². The van der Waals surface area contributed by atoms with Crippen molar-refractivity contribution >= 4 is 5.91 Å². The summed E-state index contributed by atoms with van der Waals surface area (Å²) in [6, 6.07) is 0.339. The maximum absolute atomic E-state index is 12.0. The molecule has 1 unspecified atom stereocenters. The molecule has 2 rings (SSSR count). The largest absolute Gasteiger partial charge is 0.396 e. The van der Waals surface area contributed by atoms with Gasteiger partial charge in [-0.25, -0.2) is 4.68 Å². The molecular weight excluding hydrogens is 270 g/mol. The average molecular weight is 295 g/mol. The van der Waals surface area contributed by atoms with Crippen LogP contribution in [-0.4, -0.2) is 52.2 Å². The van der Waals surface area contributed by atoms with Crippen LogP contribution < -0.4 is 10.6 Å². The van der Waals surface area contributed by atoms with Crippen molar-refractivity contribution in [1.82, 2.24) is 25.6 Å². The van der Waals surface area contributed by atoms with Gasteiger partial charge in [0, 0.05) is 13.2 Å². The molecular formula is C14H25N5O2. The number of hydrogen-bond donors (Lipinski definition) is 3. The number of aliphatic hydroxyl groups is 1. The lowest BCUT2D eigenvalue weighted by Crippen LogP contribution is -2.29. The predicted octanol–water partition coefficient (Wildman–Crippen LogP) is 0.341. The second kappa shape index (κ2) is 8.09. The zero-order valence-corrected chi connectivity index (χ0v) is 12.6. The molecule has 3 N–H and O–H groups in total. The number of aliphatic hydroxyl groups excluding tert-OH is 1. The lowest BCUT2D eigenvalue weighted by molar-refractivity contribution is 0.0947. The highest BCUT2D eigenvalue weighted by molar-refractivity contribution is 5.91. The minimum Gasteiger partial charge on any atom is -0.396 e. The summed E-state index contributed by atoms with van der Waals surface area (Å²) in [5.74, 6) is 0.106. The van der Waals surface area contributed by atoms with Gasteiger partial charge in [0.2, 0.25) is 0 Å². The molecule has 1 aromatic rings. The highest BCUT2D eigenvalue weighted by atomic mass is 16.3. The maximum atomic E-state index is 12.0. The number of amides is 1. The molecule has 1 aliphatic heterocycles. The van der Waals surface area contributed by atoms with Crippen molar-refractivity contribution in [2.45, 2.75) is 38.6 Å². The first-order valence-electron chi connectivity index (χ1n) is 7.72. The molecule has 1 amide bonds. The summed E-state index contributed by atoms with van der Waals surface area (Å²) in [4.78, 5) is 12.0. The Morgan fingerprint density at radius 3 is 3.05 bits per heavy atom. The highest BCUT2D eigenvalue weighted by Crippen LogP contribution is 2.16. The Hall–Kier alpha value is -1.47. The number of carbonyl (C=O) groups is 1. The lowest BCUT2D eigenvalue weighted by Gasteiger charge is -2.22. The van der Waals surface area contributed by atoms with E-state index in [1.165, 1.54) is 0 Å². The molecule has 1 aliphatic rings. The van der Waals surface area contributed by atoms with E-state index in [0.29, 0.717) is 18.3 Å². The van der Waals surface area contributed by atoms with Crippen molar-refractivity contribution in [2.75, 3.05) is 26.2 Å². The number of carbonyl (C=O) groups excluding carboxylic acids is 1. The Balaban J connectivity index is 1.76. The Bertz CT molecular complexity index is 442. The maximum Gasteiger partial charge on any atom is 0.273 e. The van der Waals surface area contributed by atoms with Gasteiger partial charge in [-0.2, -0.15) is 0 Å². The molecule has 0 saturated carbocycles. The summed E-state index contributed by atoms with van der Waals surface area (Å²) >= 11 is 0. The Kier molecular flexibility index (Phi) is 6.13. The monoisotopic (exact) mass is 295 g/mol. The van der Waals surface area contributed by atoms with Gasteiger partial charge in [0.1, 0.15) is 0 Å². The topological polar surface area (TPSA) is 92.1 Å². The molecule has 0 aliphatic carbocycles. The van der Waals surface area contributed by atoms with Gasteiger partial charge in [-0.1, -0.05) is 12.1 Å². The zero-order chi connectivity index (χ0) is 15.1. The van der Waals surface area contributed by atoms with Crippen LogP contribution in [0.25, 0.3) is 0 Å². The first kappa shape index (κ1) is 15.9. The van der Waals surface area contributed by atoms with Crippen LogP contribution in [0.15, 0.2) is 6.20 Å². The van der Waals surface area contributed by atoms with Crippen LogP contribution in [0.4, 0.5) is 0 Å². The number of nitrogens with zero attached hydrogens (tertiary/aromatic N) is 3. The molecule has 0 aromatic carbocycles. The fourth-order valence-corrected chi connectivity index (χ4v) is 2.46. The first-order chi connectivity index (χ1) is 10.2. The van der Waals surface area contributed by atoms with Gasteiger partial charge in [-0.05, 0) is 44.7 Å². The first-order valence-corrected chi connectivity index (χ1v) is 7.72. The Morgan fingerprint density at radius 2 is 2.33 bits per heavy atom. The fraction of sp³-hybridized carbons (Fsp3) is 0.786. The second-order valence-electron chi connectivity index (χ2n) is 5.75. The van der Waals surface area contributed by atoms with E-state index in [0.717, 1.165) is 38.8 Å². The van der Waals surface area contributed by atoms with Crippen molar-refractivity contribution in [2.24, 2.45) is 5.92 Å². The molecule has 118 valence electrons. The van der Waals surface area contributed by atoms with Gasteiger partial charge in [0.05, 0.1) is 12.2 Å². The number of hydrogen-bond acceptors (Lipinski definition) is 5. The third-order valence-electron chi connectivity index (χ3n) is 3.90. The minimum atomic E-state index is -0.174. The summed E-state index contributed by atoms with van der Waals surface area (Å²) in [6.07, 6.45) is 5.53. The average Bonchev–Trinajstić information content (AvgIpc) is 3.02. The molecule has 0 spiro atoms. The molecule has 1 fully saturated rings. The summed E-state index contributed by atoms with van der Waals surface area (Å²) in [5, 5.41) is 23.1. The van der Waals surface area contributed by atoms with Gasteiger partial charge >= 0.3 is 0 Å². The van der Waals surface area contributed by atoms with E-state index in [-0.39, 0.29) is 18.4 Å². The molecule has 1 saturated heterocycles. The summed E-state index contributed by atoms with van der Waals surface area (Å²) < 4.78 is 1.81. The molecule has 0 radical (unpaired) electrons. The van der Waals surface area contributed by atoms with E-state index in [2.05, 4.69) is 20.9 Å². The number of nitrogens with one attached hydrogen (secondary N) is 2. The van der Waals surface area contributed by atoms with Crippen molar-refractivity contribution < 1.29 is 9.90 Å². The van der Waals surface area contributed by atoms with Crippen LogP contribution in [0.1, 0.15) is 49.1 Å². The van der Waals surface area contributed by atoms with Crippen LogP contribution >= 0.6 is 0 Å². The SMILES string of the molecule is CC(CO)CCCNC(=O)c1cn(C2CCNCC2)nn1. The zero-order valence-electron chi connectivity index (χ0n) is 12.6. The van der Waals surface area contributed by atoms with Gasteiger partial charge in [-0.3, -0.25) is 4.79 Å². The Labute approximate surface area is 125 Å². The van der Waals surface area contributed by atoms with Crippen molar-refractivity contribution in [3.8, 4) is 0 Å². The van der Waals surface area contributed by atoms with E-state index >= 15 is 0 Å². The third-order valence-corrected chi connectivity index (χ3v) is 3.90. The van der Waals surface area contributed by atoms with E-state index in [4.69, 9.17) is 5.11 Å². The highest BCUT2D eigenvalue weighted by Gasteiger charge is 2.18. The van der Waals surface area contributed by atoms with Crippen LogP contribution in [0, 0.1) is 5.92 Å². The van der Waals surface area contributed by atoms with Crippen LogP contribution in [0.2, 0.25) is 0 Å². The van der Waals surface area contributed by atoms with Crippen molar-refractivity contribution in [1.29, 1.82) is 0 Å². The molecule has 1 aromatic heterocycles. The molecule has 7 nitrogen and oxygen atoms in total. The third kappa shape index (κ3) is 4.78. The van der Waals surface area contributed by atoms with Gasteiger partial charge < -0.3 is 15.7 Å². The van der Waals surface area contributed by atoms with Gasteiger partial charge in [0.15, 0.2) is 5.69 Å². The van der Waals surface area contributed by atoms with E-state index in [1.54, 1.807) is 6.20 Å². The molecule has 0 bridgehead atoms. The van der Waals surface area contributed by atoms with E-state index < -0.39 is 0 Å². The summed E-state index contributed by atoms with van der Waals surface area (Å²) in [6.45, 7) is 4.75. The second-order valence-corrected chi connectivity index (χ2v) is 5.75. The quantitative estimate of drug-likeness (QED) is 0.631. The fourth-order valence-electron chi connectivity index (χ4n) is 2.46. The van der Waals surface area contributed by atoms with Crippen LogP contribution in [0.3, 0.4) is 0 Å². The molecule has 7 heteroatoms. The van der Waals surface area contributed by atoms with E-state index in [1.807, 2.05) is 11.6 Å². The van der Waals surface area contributed by atoms with Crippen LogP contribution in [-0.2, 0) is 0 Å². The van der Waals surface area contributed by atoms with Gasteiger partial charge in [-0.15, -0.1) is 5.10 Å². The minimum absolute atomic E-state index is 0.174. The predicted molar refractivity (Wildman–Crippen MR) is 79.0 cm³/mol. The van der Waals surface area contributed by atoms with Crippen LogP contribution in [0.5, 0.6) is 0 Å². The standard InChI is InChI=1S/C14H25N5O2/c1-11(10-20)3-2-6-16-14(21)13-9-19(18-17-13)12-4-7-15-8-5-12/h9,11-12,15,20H,2-8,10H2,1H3,(H,16,21). The molecule has 21 heavy (non-hydrogen) atoms. The number of aromatic nitrogens is 3. The Morgan fingerprint density at radius 1 is 1.57 bits per heavy atom.